The van der Waals surface area contributed by atoms with E-state index >= 15 is 0 Å². The molecule has 3 aliphatic rings. The zero-order chi connectivity index (χ0) is 23.8. The van der Waals surface area contributed by atoms with Crippen molar-refractivity contribution in [3.05, 3.63) is 35.9 Å². The smallest absolute Gasteiger partial charge is 0.244 e. The Bertz CT molecular complexity index is 895. The monoisotopic (exact) mass is 473 g/mol. The molecule has 4 rings (SSSR count). The van der Waals surface area contributed by atoms with Crippen molar-refractivity contribution in [2.75, 3.05) is 13.2 Å². The number of nitrogens with zero attached hydrogens (tertiary/aromatic N) is 1. The highest BCUT2D eigenvalue weighted by Gasteiger charge is 2.74. The molecule has 33 heavy (non-hydrogen) atoms. The first kappa shape index (κ1) is 24.1. The summed E-state index contributed by atoms with van der Waals surface area (Å²) in [6, 6.07) is 8.42. The van der Waals surface area contributed by atoms with Crippen LogP contribution in [0.15, 0.2) is 30.3 Å². The number of fused-ring (bicyclic) bond motifs is 1. The average molecular weight is 474 g/mol. The average Bonchev–Trinajstić information content (AvgIpc) is 3.43. The highest BCUT2D eigenvalue weighted by atomic mass is 32.2. The number of benzene rings is 1. The van der Waals surface area contributed by atoms with Crippen molar-refractivity contribution in [3.8, 4) is 0 Å². The summed E-state index contributed by atoms with van der Waals surface area (Å²) >= 11 is 1.66. The van der Waals surface area contributed by atoms with Crippen molar-refractivity contribution in [1.82, 2.24) is 15.5 Å². The van der Waals surface area contributed by atoms with Crippen LogP contribution in [0.1, 0.15) is 45.6 Å². The molecule has 3 amide bonds. The molecule has 0 aliphatic carbocycles. The highest BCUT2D eigenvalue weighted by Crippen LogP contribution is 2.66. The zero-order valence-corrected chi connectivity index (χ0v) is 20.4. The van der Waals surface area contributed by atoms with Crippen molar-refractivity contribution in [3.63, 3.8) is 0 Å². The maximum absolute atomic E-state index is 14.0. The summed E-state index contributed by atoms with van der Waals surface area (Å²) in [5.41, 5.74) is 0.996. The van der Waals surface area contributed by atoms with Crippen LogP contribution in [0.4, 0.5) is 0 Å². The van der Waals surface area contributed by atoms with Crippen LogP contribution in [0.25, 0.3) is 0 Å². The Balaban J connectivity index is 1.72. The standard InChI is InChI=1S/C25H35N3O4S/c1-4-12-26-22(30)19-18-10-11-25(33-18)20(19)24(32)28(21(25)23(31)27-15(2)3)17(14-29)13-16-8-6-5-7-9-16/h5-9,15,17-21,29H,4,10-14H2,1-3H3,(H,26,30)(H,27,31)/t17-,18-,19+,20+,21?,25?/m1/s1. The number of aliphatic hydroxyl groups is 1. The largest absolute Gasteiger partial charge is 0.394 e. The second-order valence-electron chi connectivity index (χ2n) is 9.78. The van der Waals surface area contributed by atoms with Gasteiger partial charge in [-0.15, -0.1) is 11.8 Å². The molecule has 0 aromatic heterocycles. The second kappa shape index (κ2) is 9.66. The number of carbonyl (C=O) groups is 3. The number of likely N-dealkylation sites (tertiary alicyclic amines) is 1. The molecule has 2 unspecified atom stereocenters. The van der Waals surface area contributed by atoms with Crippen LogP contribution >= 0.6 is 11.8 Å². The molecule has 3 heterocycles. The molecule has 3 fully saturated rings. The van der Waals surface area contributed by atoms with Gasteiger partial charge in [-0.3, -0.25) is 14.4 Å². The predicted octanol–water partition coefficient (Wildman–Crippen LogP) is 1.73. The van der Waals surface area contributed by atoms with E-state index in [1.807, 2.05) is 51.1 Å². The van der Waals surface area contributed by atoms with Gasteiger partial charge in [-0.25, -0.2) is 0 Å². The number of thioether (sulfide) groups is 1. The van der Waals surface area contributed by atoms with Crippen LogP contribution in [-0.2, 0) is 20.8 Å². The van der Waals surface area contributed by atoms with Crippen LogP contribution in [0.5, 0.6) is 0 Å². The minimum atomic E-state index is -0.697. The van der Waals surface area contributed by atoms with Crippen LogP contribution in [0.3, 0.4) is 0 Å². The minimum absolute atomic E-state index is 0.0500. The van der Waals surface area contributed by atoms with E-state index in [-0.39, 0.29) is 35.6 Å². The Kier molecular flexibility index (Phi) is 7.05. The molecule has 6 atom stereocenters. The third-order valence-corrected chi connectivity index (χ3v) is 9.14. The van der Waals surface area contributed by atoms with Gasteiger partial charge in [-0.2, -0.15) is 0 Å². The zero-order valence-electron chi connectivity index (χ0n) is 19.6. The van der Waals surface area contributed by atoms with Gasteiger partial charge < -0.3 is 20.6 Å². The van der Waals surface area contributed by atoms with E-state index in [2.05, 4.69) is 10.6 Å². The molecule has 8 heteroatoms. The molecule has 3 saturated heterocycles. The third-order valence-electron chi connectivity index (χ3n) is 7.19. The summed E-state index contributed by atoms with van der Waals surface area (Å²) < 4.78 is -0.626. The third kappa shape index (κ3) is 4.16. The number of carbonyl (C=O) groups excluding carboxylic acids is 3. The fourth-order valence-electron chi connectivity index (χ4n) is 5.95. The molecule has 0 radical (unpaired) electrons. The number of hydrogen-bond acceptors (Lipinski definition) is 5. The van der Waals surface area contributed by atoms with Gasteiger partial charge >= 0.3 is 0 Å². The van der Waals surface area contributed by atoms with Crippen LogP contribution in [0, 0.1) is 11.8 Å². The van der Waals surface area contributed by atoms with Gasteiger partial charge in [0.25, 0.3) is 0 Å². The maximum Gasteiger partial charge on any atom is 0.244 e. The molecular weight excluding hydrogens is 438 g/mol. The first-order valence-electron chi connectivity index (χ1n) is 12.1. The summed E-state index contributed by atoms with van der Waals surface area (Å²) in [6.07, 6.45) is 2.83. The maximum atomic E-state index is 14.0. The van der Waals surface area contributed by atoms with E-state index in [0.717, 1.165) is 24.8 Å². The lowest BCUT2D eigenvalue weighted by Gasteiger charge is -2.37. The van der Waals surface area contributed by atoms with Gasteiger partial charge in [0, 0.05) is 17.8 Å². The first-order valence-corrected chi connectivity index (χ1v) is 12.9. The van der Waals surface area contributed by atoms with Crippen molar-refractivity contribution in [2.24, 2.45) is 11.8 Å². The van der Waals surface area contributed by atoms with Gasteiger partial charge in [-0.05, 0) is 45.1 Å². The molecule has 180 valence electrons. The lowest BCUT2D eigenvalue weighted by molar-refractivity contribution is -0.142. The highest BCUT2D eigenvalue weighted by molar-refractivity contribution is 8.02. The Morgan fingerprint density at radius 1 is 1.24 bits per heavy atom. The van der Waals surface area contributed by atoms with Crippen LogP contribution in [0.2, 0.25) is 0 Å². The molecule has 1 aromatic rings. The van der Waals surface area contributed by atoms with E-state index in [0.29, 0.717) is 13.0 Å². The Morgan fingerprint density at radius 2 is 1.97 bits per heavy atom. The topological polar surface area (TPSA) is 98.7 Å². The lowest BCUT2D eigenvalue weighted by Crippen LogP contribution is -2.57. The number of amides is 3. The molecular formula is C25H35N3O4S. The second-order valence-corrected chi connectivity index (χ2v) is 11.4. The number of aliphatic hydroxyl groups excluding tert-OH is 1. The number of hydrogen-bond donors (Lipinski definition) is 3. The first-order chi connectivity index (χ1) is 15.8. The number of nitrogens with one attached hydrogen (secondary N) is 2. The summed E-state index contributed by atoms with van der Waals surface area (Å²) in [5, 5.41) is 16.4. The summed E-state index contributed by atoms with van der Waals surface area (Å²) in [4.78, 5) is 42.3. The quantitative estimate of drug-likeness (QED) is 0.507. The van der Waals surface area contributed by atoms with Crippen molar-refractivity contribution < 1.29 is 19.5 Å². The summed E-state index contributed by atoms with van der Waals surface area (Å²) in [6.45, 7) is 6.15. The van der Waals surface area contributed by atoms with E-state index in [1.165, 1.54) is 0 Å². The molecule has 7 nitrogen and oxygen atoms in total. The molecule has 1 spiro atoms. The summed E-state index contributed by atoms with van der Waals surface area (Å²) in [5.74, 6) is -1.40. The van der Waals surface area contributed by atoms with E-state index in [4.69, 9.17) is 0 Å². The molecule has 0 saturated carbocycles. The van der Waals surface area contributed by atoms with E-state index < -0.39 is 28.7 Å². The van der Waals surface area contributed by atoms with Gasteiger partial charge in [0.2, 0.25) is 17.7 Å². The predicted molar refractivity (Wildman–Crippen MR) is 129 cm³/mol. The molecule has 2 bridgehead atoms. The molecule has 3 N–H and O–H groups in total. The van der Waals surface area contributed by atoms with E-state index in [9.17, 15) is 19.5 Å². The van der Waals surface area contributed by atoms with Gasteiger partial charge in [0.15, 0.2) is 0 Å². The van der Waals surface area contributed by atoms with Crippen LogP contribution in [-0.4, -0.2) is 69.0 Å². The van der Waals surface area contributed by atoms with Gasteiger partial charge in [0.05, 0.1) is 29.2 Å². The van der Waals surface area contributed by atoms with Crippen molar-refractivity contribution in [1.29, 1.82) is 0 Å². The Morgan fingerprint density at radius 3 is 2.61 bits per heavy atom. The van der Waals surface area contributed by atoms with Crippen LogP contribution < -0.4 is 10.6 Å². The van der Waals surface area contributed by atoms with Crippen molar-refractivity contribution in [2.45, 2.75) is 74.6 Å². The molecule has 1 aromatic carbocycles. The minimum Gasteiger partial charge on any atom is -0.394 e. The fourth-order valence-corrected chi connectivity index (χ4v) is 8.16. The normalized spacial score (nSPS) is 31.1. The van der Waals surface area contributed by atoms with E-state index in [1.54, 1.807) is 16.7 Å². The number of rotatable bonds is 9. The van der Waals surface area contributed by atoms with Gasteiger partial charge in [0.1, 0.15) is 6.04 Å². The van der Waals surface area contributed by atoms with Crippen molar-refractivity contribution >= 4 is 29.5 Å². The van der Waals surface area contributed by atoms with Gasteiger partial charge in [-0.1, -0.05) is 37.3 Å². The lowest BCUT2D eigenvalue weighted by atomic mass is 9.70. The SMILES string of the molecule is CCCNC(=O)[C@@H]1[C@H]2C(=O)N([C@@H](CO)Cc3ccccc3)C(C(=O)NC(C)C)C23CC[C@H]1S3. The Labute approximate surface area is 200 Å². The molecule has 3 aliphatic heterocycles. The fraction of sp³-hybridized carbons (Fsp3) is 0.640. The Hall–Kier alpha value is -2.06. The summed E-state index contributed by atoms with van der Waals surface area (Å²) in [7, 11) is 0.